The Bertz CT molecular complexity index is 589. The molecule has 1 aliphatic rings. The number of hydrogen-bond donors (Lipinski definition) is 1. The second-order valence-electron chi connectivity index (χ2n) is 7.12. The summed E-state index contributed by atoms with van der Waals surface area (Å²) in [6.45, 7) is 9.03. The van der Waals surface area contributed by atoms with Gasteiger partial charge in [0.25, 0.3) is 0 Å². The lowest BCUT2D eigenvalue weighted by atomic mass is 9.82. The van der Waals surface area contributed by atoms with Crippen molar-refractivity contribution in [2.45, 2.75) is 33.6 Å². The van der Waals surface area contributed by atoms with Crippen LogP contribution in [0.5, 0.6) is 0 Å². The molecule has 124 valence electrons. The number of para-hydroxylation sites is 2. The fourth-order valence-electron chi connectivity index (χ4n) is 2.69. The molecule has 0 saturated carbocycles. The Morgan fingerprint density at radius 1 is 0.957 bits per heavy atom. The molecule has 1 atom stereocenters. The molecule has 0 bridgehead atoms. The highest BCUT2D eigenvalue weighted by atomic mass is 31.0. The molecule has 0 amide bonds. The average molecular weight is 328 g/mol. The molecular formula is C20H29N2P. The molecule has 1 fully saturated rings. The Labute approximate surface area is 143 Å². The normalized spacial score (nSPS) is 16.4. The maximum atomic E-state index is 5.98. The van der Waals surface area contributed by atoms with Gasteiger partial charge >= 0.3 is 0 Å². The van der Waals surface area contributed by atoms with Crippen molar-refractivity contribution in [3.8, 4) is 0 Å². The van der Waals surface area contributed by atoms with E-state index in [4.69, 9.17) is 5.73 Å². The summed E-state index contributed by atoms with van der Waals surface area (Å²) in [7, 11) is 2.65. The van der Waals surface area contributed by atoms with E-state index >= 15 is 0 Å². The SMILES string of the molecule is CC1(C)CCN(c2ccccc2N)CC1.Cc1ccc(P)cc1. The molecule has 2 N–H and O–H groups in total. The van der Waals surface area contributed by atoms with Crippen molar-refractivity contribution in [2.75, 3.05) is 23.7 Å². The van der Waals surface area contributed by atoms with Crippen LogP contribution in [-0.2, 0) is 0 Å². The van der Waals surface area contributed by atoms with Crippen LogP contribution >= 0.6 is 9.24 Å². The van der Waals surface area contributed by atoms with Crippen LogP contribution in [0.15, 0.2) is 48.5 Å². The number of rotatable bonds is 1. The van der Waals surface area contributed by atoms with Gasteiger partial charge in [-0.05, 0) is 42.6 Å². The standard InChI is InChI=1S/C13H20N2.C7H9P/c1-13(2)7-9-15(10-8-13)12-6-4-3-5-11(12)14;1-6-2-4-7(8)5-3-6/h3-6H,7-10,14H2,1-2H3;2-5H,8H2,1H3. The fraction of sp³-hybridized carbons (Fsp3) is 0.400. The molecule has 2 nitrogen and oxygen atoms in total. The van der Waals surface area contributed by atoms with Crippen molar-refractivity contribution in [3.63, 3.8) is 0 Å². The van der Waals surface area contributed by atoms with Gasteiger partial charge in [0.2, 0.25) is 0 Å². The summed E-state index contributed by atoms with van der Waals surface area (Å²) in [4.78, 5) is 2.40. The van der Waals surface area contributed by atoms with E-state index in [1.807, 2.05) is 12.1 Å². The van der Waals surface area contributed by atoms with Crippen molar-refractivity contribution in [1.82, 2.24) is 0 Å². The summed E-state index contributed by atoms with van der Waals surface area (Å²) in [6.07, 6.45) is 2.50. The van der Waals surface area contributed by atoms with Crippen molar-refractivity contribution >= 4 is 25.9 Å². The Morgan fingerprint density at radius 3 is 2.04 bits per heavy atom. The molecule has 0 aliphatic carbocycles. The van der Waals surface area contributed by atoms with Crippen molar-refractivity contribution in [1.29, 1.82) is 0 Å². The van der Waals surface area contributed by atoms with Crippen LogP contribution in [-0.4, -0.2) is 13.1 Å². The minimum Gasteiger partial charge on any atom is -0.397 e. The highest BCUT2D eigenvalue weighted by molar-refractivity contribution is 7.27. The van der Waals surface area contributed by atoms with Gasteiger partial charge in [-0.3, -0.25) is 0 Å². The van der Waals surface area contributed by atoms with Gasteiger partial charge in [0.1, 0.15) is 0 Å². The van der Waals surface area contributed by atoms with Gasteiger partial charge in [0.15, 0.2) is 0 Å². The molecule has 23 heavy (non-hydrogen) atoms. The van der Waals surface area contributed by atoms with E-state index < -0.39 is 0 Å². The average Bonchev–Trinajstić information content (AvgIpc) is 2.52. The van der Waals surface area contributed by atoms with Crippen molar-refractivity contribution < 1.29 is 0 Å². The van der Waals surface area contributed by atoms with Crippen LogP contribution in [0.4, 0.5) is 11.4 Å². The smallest absolute Gasteiger partial charge is 0.0599 e. The molecule has 2 aromatic carbocycles. The third-order valence-corrected chi connectivity index (χ3v) is 4.86. The Balaban J connectivity index is 0.000000203. The second kappa shape index (κ2) is 7.84. The lowest BCUT2D eigenvalue weighted by Gasteiger charge is -2.38. The molecule has 3 heteroatoms. The summed E-state index contributed by atoms with van der Waals surface area (Å²) in [5.41, 5.74) is 9.90. The lowest BCUT2D eigenvalue weighted by Crippen LogP contribution is -2.37. The zero-order chi connectivity index (χ0) is 16.9. The second-order valence-corrected chi connectivity index (χ2v) is 7.79. The summed E-state index contributed by atoms with van der Waals surface area (Å²) >= 11 is 0. The van der Waals surface area contributed by atoms with E-state index in [2.05, 4.69) is 71.3 Å². The summed E-state index contributed by atoms with van der Waals surface area (Å²) in [5, 5.41) is 1.25. The van der Waals surface area contributed by atoms with Crippen molar-refractivity contribution in [3.05, 3.63) is 54.1 Å². The van der Waals surface area contributed by atoms with Crippen LogP contribution in [0.1, 0.15) is 32.3 Å². The van der Waals surface area contributed by atoms with Gasteiger partial charge in [-0.15, -0.1) is 9.24 Å². The molecule has 2 aromatic rings. The molecule has 3 rings (SSSR count). The Kier molecular flexibility index (Phi) is 6.07. The van der Waals surface area contributed by atoms with E-state index in [-0.39, 0.29) is 0 Å². The predicted molar refractivity (Wildman–Crippen MR) is 107 cm³/mol. The number of aryl methyl sites for hydroxylation is 1. The van der Waals surface area contributed by atoms with Crippen LogP contribution < -0.4 is 15.9 Å². The molecule has 0 radical (unpaired) electrons. The van der Waals surface area contributed by atoms with Gasteiger partial charge in [-0.25, -0.2) is 0 Å². The number of hydrogen-bond acceptors (Lipinski definition) is 2. The minimum absolute atomic E-state index is 0.500. The third-order valence-electron chi connectivity index (χ3n) is 4.47. The largest absolute Gasteiger partial charge is 0.397 e. The lowest BCUT2D eigenvalue weighted by molar-refractivity contribution is 0.280. The molecule has 1 heterocycles. The maximum absolute atomic E-state index is 5.98. The van der Waals surface area contributed by atoms with Gasteiger partial charge in [-0.2, -0.15) is 0 Å². The predicted octanol–water partition coefficient (Wildman–Crippen LogP) is 4.39. The summed E-state index contributed by atoms with van der Waals surface area (Å²) in [5.74, 6) is 0. The number of benzene rings is 2. The van der Waals surface area contributed by atoms with Crippen LogP contribution in [0.2, 0.25) is 0 Å². The quantitative estimate of drug-likeness (QED) is 0.621. The third kappa shape index (κ3) is 5.55. The minimum atomic E-state index is 0.500. The summed E-state index contributed by atoms with van der Waals surface area (Å²) in [6, 6.07) is 16.5. The highest BCUT2D eigenvalue weighted by Crippen LogP contribution is 2.33. The van der Waals surface area contributed by atoms with E-state index in [0.29, 0.717) is 5.41 Å². The zero-order valence-corrected chi connectivity index (χ0v) is 15.7. The molecule has 0 spiro atoms. The number of nitrogens with zero attached hydrogens (tertiary/aromatic N) is 1. The van der Waals surface area contributed by atoms with Gasteiger partial charge in [-0.1, -0.05) is 55.8 Å². The first kappa shape index (κ1) is 17.8. The topological polar surface area (TPSA) is 29.3 Å². The Hall–Kier alpha value is -1.53. The maximum Gasteiger partial charge on any atom is 0.0599 e. The Morgan fingerprint density at radius 2 is 1.52 bits per heavy atom. The number of anilines is 2. The molecular weight excluding hydrogens is 299 g/mol. The van der Waals surface area contributed by atoms with Gasteiger partial charge in [0.05, 0.1) is 11.4 Å². The fourth-order valence-corrected chi connectivity index (χ4v) is 2.89. The van der Waals surface area contributed by atoms with Crippen LogP contribution in [0.25, 0.3) is 0 Å². The van der Waals surface area contributed by atoms with Crippen LogP contribution in [0, 0.1) is 12.3 Å². The van der Waals surface area contributed by atoms with Gasteiger partial charge in [0, 0.05) is 13.1 Å². The van der Waals surface area contributed by atoms with Gasteiger partial charge < -0.3 is 10.6 Å². The van der Waals surface area contributed by atoms with Crippen LogP contribution in [0.3, 0.4) is 0 Å². The van der Waals surface area contributed by atoms with E-state index in [1.165, 1.54) is 29.4 Å². The number of nitrogens with two attached hydrogens (primary N) is 1. The zero-order valence-electron chi connectivity index (χ0n) is 14.5. The van der Waals surface area contributed by atoms with E-state index in [9.17, 15) is 0 Å². The molecule has 0 aromatic heterocycles. The monoisotopic (exact) mass is 328 g/mol. The molecule has 1 saturated heterocycles. The first-order valence-electron chi connectivity index (χ1n) is 8.29. The summed E-state index contributed by atoms with van der Waals surface area (Å²) < 4.78 is 0. The molecule has 1 unspecified atom stereocenters. The first-order valence-corrected chi connectivity index (χ1v) is 8.87. The van der Waals surface area contributed by atoms with Crippen molar-refractivity contribution in [2.24, 2.45) is 5.41 Å². The van der Waals surface area contributed by atoms with E-state index in [1.54, 1.807) is 0 Å². The highest BCUT2D eigenvalue weighted by Gasteiger charge is 2.25. The first-order chi connectivity index (χ1) is 10.9. The molecule has 1 aliphatic heterocycles. The number of piperidine rings is 1. The number of nitrogen functional groups attached to an aromatic ring is 1. The van der Waals surface area contributed by atoms with E-state index in [0.717, 1.165) is 18.8 Å².